The average molecular weight is 222 g/mol. The van der Waals surface area contributed by atoms with Gasteiger partial charge in [0.1, 0.15) is 11.5 Å². The minimum atomic E-state index is -0.366. The average Bonchev–Trinajstić information content (AvgIpc) is 2.25. The van der Waals surface area contributed by atoms with E-state index < -0.39 is 0 Å². The van der Waals surface area contributed by atoms with Gasteiger partial charge in [0.05, 0.1) is 7.11 Å². The molecule has 1 aromatic carbocycles. The van der Waals surface area contributed by atoms with Crippen molar-refractivity contribution in [2.24, 2.45) is 5.73 Å². The van der Waals surface area contributed by atoms with Crippen molar-refractivity contribution in [2.45, 2.75) is 6.04 Å². The second-order valence-electron chi connectivity index (χ2n) is 3.71. The highest BCUT2D eigenvalue weighted by atomic mass is 16.6. The maximum Gasteiger partial charge on any atom is 0.415 e. The molecule has 5 nitrogen and oxygen atoms in total. The van der Waals surface area contributed by atoms with Crippen LogP contribution in [-0.2, 0) is 0 Å². The van der Waals surface area contributed by atoms with Gasteiger partial charge in [0.2, 0.25) is 0 Å². The number of likely N-dealkylation sites (tertiary alicyclic amines) is 1. The predicted molar refractivity (Wildman–Crippen MR) is 58.6 cm³/mol. The van der Waals surface area contributed by atoms with Crippen LogP contribution in [0.4, 0.5) is 4.79 Å². The third-order valence-electron chi connectivity index (χ3n) is 2.41. The summed E-state index contributed by atoms with van der Waals surface area (Å²) in [4.78, 5) is 13.1. The number of hydrogen-bond acceptors (Lipinski definition) is 4. The minimum Gasteiger partial charge on any atom is -0.497 e. The number of hydrogen-bond donors (Lipinski definition) is 1. The fraction of sp³-hybridized carbons (Fsp3) is 0.364. The third-order valence-corrected chi connectivity index (χ3v) is 2.41. The number of ether oxygens (including phenoxy) is 2. The van der Waals surface area contributed by atoms with E-state index in [0.717, 1.165) is 0 Å². The molecule has 2 rings (SSSR count). The van der Waals surface area contributed by atoms with Crippen molar-refractivity contribution in [3.63, 3.8) is 0 Å². The van der Waals surface area contributed by atoms with E-state index in [1.165, 1.54) is 0 Å². The van der Waals surface area contributed by atoms with E-state index >= 15 is 0 Å². The molecule has 86 valence electrons. The van der Waals surface area contributed by atoms with Gasteiger partial charge in [-0.2, -0.15) is 0 Å². The number of nitrogens with two attached hydrogens (primary N) is 1. The van der Waals surface area contributed by atoms with Gasteiger partial charge in [-0.3, -0.25) is 0 Å². The fourth-order valence-electron chi connectivity index (χ4n) is 1.49. The first-order chi connectivity index (χ1) is 7.69. The van der Waals surface area contributed by atoms with Crippen LogP contribution < -0.4 is 15.2 Å². The first-order valence-corrected chi connectivity index (χ1v) is 5.05. The minimum absolute atomic E-state index is 0.0814. The Kier molecular flexibility index (Phi) is 2.96. The Morgan fingerprint density at radius 3 is 2.75 bits per heavy atom. The van der Waals surface area contributed by atoms with Crippen LogP contribution in [0, 0.1) is 0 Å². The zero-order chi connectivity index (χ0) is 11.5. The van der Waals surface area contributed by atoms with Crippen molar-refractivity contribution < 1.29 is 14.3 Å². The smallest absolute Gasteiger partial charge is 0.415 e. The molecule has 0 spiro atoms. The first-order valence-electron chi connectivity index (χ1n) is 5.05. The lowest BCUT2D eigenvalue weighted by Gasteiger charge is -2.35. The molecule has 0 radical (unpaired) electrons. The van der Waals surface area contributed by atoms with E-state index in [2.05, 4.69) is 0 Å². The number of amides is 1. The Hall–Kier alpha value is -1.75. The SMILES string of the molecule is COc1cccc(OC(=O)N2CC(N)C2)c1. The molecule has 0 atom stereocenters. The Labute approximate surface area is 93.7 Å². The first kappa shape index (κ1) is 10.8. The molecule has 0 unspecified atom stereocenters. The Balaban J connectivity index is 1.95. The maximum absolute atomic E-state index is 11.5. The number of nitrogens with zero attached hydrogens (tertiary/aromatic N) is 1. The van der Waals surface area contributed by atoms with Crippen molar-refractivity contribution >= 4 is 6.09 Å². The molecule has 1 amide bonds. The van der Waals surface area contributed by atoms with Gasteiger partial charge in [-0.15, -0.1) is 0 Å². The van der Waals surface area contributed by atoms with Gasteiger partial charge < -0.3 is 20.1 Å². The van der Waals surface area contributed by atoms with Crippen molar-refractivity contribution in [1.29, 1.82) is 0 Å². The van der Waals surface area contributed by atoms with E-state index in [1.54, 1.807) is 36.3 Å². The molecule has 1 heterocycles. The third kappa shape index (κ3) is 2.25. The summed E-state index contributed by atoms with van der Waals surface area (Å²) in [6.45, 7) is 1.12. The van der Waals surface area contributed by atoms with Crippen LogP contribution in [0.5, 0.6) is 11.5 Å². The zero-order valence-electron chi connectivity index (χ0n) is 9.05. The second kappa shape index (κ2) is 4.40. The van der Waals surface area contributed by atoms with E-state index in [1.807, 2.05) is 0 Å². The van der Waals surface area contributed by atoms with Gasteiger partial charge in [-0.1, -0.05) is 6.07 Å². The molecule has 1 fully saturated rings. The molecular formula is C11H14N2O3. The van der Waals surface area contributed by atoms with Crippen molar-refractivity contribution in [3.8, 4) is 11.5 Å². The summed E-state index contributed by atoms with van der Waals surface area (Å²) >= 11 is 0. The number of carbonyl (C=O) groups excluding carboxylic acids is 1. The van der Waals surface area contributed by atoms with Crippen LogP contribution >= 0.6 is 0 Å². The van der Waals surface area contributed by atoms with Crippen molar-refractivity contribution in [2.75, 3.05) is 20.2 Å². The number of methoxy groups -OCH3 is 1. The summed E-state index contributed by atoms with van der Waals surface area (Å²) < 4.78 is 10.2. The van der Waals surface area contributed by atoms with Crippen LogP contribution in [0.2, 0.25) is 0 Å². The molecule has 16 heavy (non-hydrogen) atoms. The van der Waals surface area contributed by atoms with Crippen molar-refractivity contribution in [3.05, 3.63) is 24.3 Å². The zero-order valence-corrected chi connectivity index (χ0v) is 9.05. The van der Waals surface area contributed by atoms with Crippen LogP contribution in [0.25, 0.3) is 0 Å². The summed E-state index contributed by atoms with van der Waals surface area (Å²) in [5.41, 5.74) is 5.58. The molecule has 1 aliphatic rings. The highest BCUT2D eigenvalue weighted by Crippen LogP contribution is 2.20. The van der Waals surface area contributed by atoms with Gasteiger partial charge in [-0.05, 0) is 12.1 Å². The van der Waals surface area contributed by atoms with Crippen LogP contribution in [-0.4, -0.2) is 37.2 Å². The molecule has 0 saturated carbocycles. The normalized spacial score (nSPS) is 15.5. The van der Waals surface area contributed by atoms with Gasteiger partial charge in [0.25, 0.3) is 0 Å². The largest absolute Gasteiger partial charge is 0.497 e. The quantitative estimate of drug-likeness (QED) is 0.805. The molecule has 1 aliphatic heterocycles. The summed E-state index contributed by atoms with van der Waals surface area (Å²) in [6, 6.07) is 7.01. The van der Waals surface area contributed by atoms with Crippen molar-refractivity contribution in [1.82, 2.24) is 4.90 Å². The monoisotopic (exact) mass is 222 g/mol. The Morgan fingerprint density at radius 2 is 2.12 bits per heavy atom. The molecule has 0 bridgehead atoms. The Bertz CT molecular complexity index is 389. The standard InChI is InChI=1S/C11H14N2O3/c1-15-9-3-2-4-10(5-9)16-11(14)13-6-8(12)7-13/h2-5,8H,6-7,12H2,1H3. The van der Waals surface area contributed by atoms with Gasteiger partial charge in [-0.25, -0.2) is 4.79 Å². The molecule has 2 N–H and O–H groups in total. The van der Waals surface area contributed by atoms with Gasteiger partial charge in [0, 0.05) is 25.2 Å². The van der Waals surface area contributed by atoms with E-state index in [4.69, 9.17) is 15.2 Å². The fourth-order valence-corrected chi connectivity index (χ4v) is 1.49. The molecule has 0 aromatic heterocycles. The van der Waals surface area contributed by atoms with E-state index in [9.17, 15) is 4.79 Å². The topological polar surface area (TPSA) is 64.8 Å². The molecule has 1 aromatic rings. The highest BCUT2D eigenvalue weighted by molar-refractivity contribution is 5.71. The van der Waals surface area contributed by atoms with Gasteiger partial charge >= 0.3 is 6.09 Å². The predicted octanol–water partition coefficient (Wildman–Crippen LogP) is 0.837. The second-order valence-corrected chi connectivity index (χ2v) is 3.71. The Morgan fingerprint density at radius 1 is 1.44 bits per heavy atom. The lowest BCUT2D eigenvalue weighted by atomic mass is 10.1. The van der Waals surface area contributed by atoms with Gasteiger partial charge in [0.15, 0.2) is 0 Å². The number of benzene rings is 1. The van der Waals surface area contributed by atoms with Crippen LogP contribution in [0.3, 0.4) is 0 Å². The maximum atomic E-state index is 11.5. The summed E-state index contributed by atoms with van der Waals surface area (Å²) in [6.07, 6.45) is -0.366. The summed E-state index contributed by atoms with van der Waals surface area (Å²) in [5.74, 6) is 1.13. The van der Waals surface area contributed by atoms with E-state index in [0.29, 0.717) is 24.6 Å². The molecule has 5 heteroatoms. The van der Waals surface area contributed by atoms with E-state index in [-0.39, 0.29) is 12.1 Å². The number of rotatable bonds is 2. The molecule has 1 saturated heterocycles. The molecule has 0 aliphatic carbocycles. The lowest BCUT2D eigenvalue weighted by molar-refractivity contribution is 0.113. The highest BCUT2D eigenvalue weighted by Gasteiger charge is 2.29. The summed E-state index contributed by atoms with van der Waals surface area (Å²) in [7, 11) is 1.56. The summed E-state index contributed by atoms with van der Waals surface area (Å²) in [5, 5.41) is 0. The lowest BCUT2D eigenvalue weighted by Crippen LogP contribution is -2.58. The van der Waals surface area contributed by atoms with Crippen LogP contribution in [0.15, 0.2) is 24.3 Å². The number of carbonyl (C=O) groups is 1. The molecular weight excluding hydrogens is 208 g/mol. The van der Waals surface area contributed by atoms with Crippen LogP contribution in [0.1, 0.15) is 0 Å².